The molecule has 1 N–H and O–H groups in total. The molecule has 0 bridgehead atoms. The van der Waals surface area contributed by atoms with Gasteiger partial charge in [0.15, 0.2) is 0 Å². The molecule has 0 radical (unpaired) electrons. The molecule has 0 aliphatic carbocycles. The van der Waals surface area contributed by atoms with Crippen molar-refractivity contribution in [1.82, 2.24) is 14.8 Å². The standard InChI is InChI=1S/C10H19N3O/c1-10(2,3)8(14)5-6-9-11-7-12-13(9)4/h7-8,14H,5-6H2,1-4H3. The van der Waals surface area contributed by atoms with Gasteiger partial charge in [0.2, 0.25) is 0 Å². The lowest BCUT2D eigenvalue weighted by Gasteiger charge is -2.25. The fraction of sp³-hybridized carbons (Fsp3) is 0.800. The number of aliphatic hydroxyl groups is 1. The van der Waals surface area contributed by atoms with Crippen LogP contribution >= 0.6 is 0 Å². The van der Waals surface area contributed by atoms with Gasteiger partial charge >= 0.3 is 0 Å². The van der Waals surface area contributed by atoms with E-state index < -0.39 is 0 Å². The van der Waals surface area contributed by atoms with Crippen LogP contribution in [-0.4, -0.2) is 26.0 Å². The van der Waals surface area contributed by atoms with Crippen LogP contribution in [0.3, 0.4) is 0 Å². The zero-order valence-electron chi connectivity index (χ0n) is 9.36. The van der Waals surface area contributed by atoms with Gasteiger partial charge < -0.3 is 5.11 Å². The molecule has 1 aromatic rings. The molecule has 1 rings (SSSR count). The van der Waals surface area contributed by atoms with Crippen LogP contribution in [0.1, 0.15) is 33.0 Å². The predicted molar refractivity (Wildman–Crippen MR) is 54.8 cm³/mol. The van der Waals surface area contributed by atoms with E-state index in [2.05, 4.69) is 10.1 Å². The lowest BCUT2D eigenvalue weighted by molar-refractivity contribution is 0.0554. The summed E-state index contributed by atoms with van der Waals surface area (Å²) in [5, 5.41) is 13.8. The molecule has 0 aliphatic rings. The van der Waals surface area contributed by atoms with Gasteiger partial charge in [-0.1, -0.05) is 20.8 Å². The van der Waals surface area contributed by atoms with E-state index in [1.807, 2.05) is 27.8 Å². The van der Waals surface area contributed by atoms with Gasteiger partial charge in [0.25, 0.3) is 0 Å². The second kappa shape index (κ2) is 4.09. The molecule has 4 heteroatoms. The fourth-order valence-electron chi connectivity index (χ4n) is 1.25. The van der Waals surface area contributed by atoms with Gasteiger partial charge in [0.05, 0.1) is 6.10 Å². The summed E-state index contributed by atoms with van der Waals surface area (Å²) in [6.07, 6.45) is 2.75. The smallest absolute Gasteiger partial charge is 0.138 e. The predicted octanol–water partition coefficient (Wildman–Crippen LogP) is 1.15. The summed E-state index contributed by atoms with van der Waals surface area (Å²) < 4.78 is 1.75. The van der Waals surface area contributed by atoms with E-state index in [9.17, 15) is 5.11 Å². The summed E-state index contributed by atoms with van der Waals surface area (Å²) in [7, 11) is 1.87. The highest BCUT2D eigenvalue weighted by Crippen LogP contribution is 2.22. The molecule has 0 spiro atoms. The molecule has 1 unspecified atom stereocenters. The molecule has 4 nitrogen and oxygen atoms in total. The zero-order chi connectivity index (χ0) is 10.8. The van der Waals surface area contributed by atoms with Crippen LogP contribution in [0, 0.1) is 5.41 Å². The molecule has 14 heavy (non-hydrogen) atoms. The number of hydrogen-bond acceptors (Lipinski definition) is 3. The molecule has 0 amide bonds. The molecular formula is C10H19N3O. The Morgan fingerprint density at radius 2 is 2.14 bits per heavy atom. The summed E-state index contributed by atoms with van der Waals surface area (Å²) in [5.41, 5.74) is -0.0570. The molecule has 1 aromatic heterocycles. The maximum Gasteiger partial charge on any atom is 0.138 e. The van der Waals surface area contributed by atoms with E-state index in [0.717, 1.165) is 18.7 Å². The number of aromatic nitrogens is 3. The van der Waals surface area contributed by atoms with Crippen molar-refractivity contribution < 1.29 is 5.11 Å². The first kappa shape index (κ1) is 11.2. The van der Waals surface area contributed by atoms with Crippen LogP contribution in [-0.2, 0) is 13.5 Å². The second-order valence-electron chi connectivity index (χ2n) is 4.72. The topological polar surface area (TPSA) is 50.9 Å². The van der Waals surface area contributed by atoms with Crippen LogP contribution in [0.2, 0.25) is 0 Å². The van der Waals surface area contributed by atoms with Gasteiger partial charge in [-0.3, -0.25) is 4.68 Å². The largest absolute Gasteiger partial charge is 0.393 e. The third-order valence-corrected chi connectivity index (χ3v) is 2.45. The van der Waals surface area contributed by atoms with Crippen LogP contribution in [0.5, 0.6) is 0 Å². The number of rotatable bonds is 3. The lowest BCUT2D eigenvalue weighted by Crippen LogP contribution is -2.26. The highest BCUT2D eigenvalue weighted by atomic mass is 16.3. The highest BCUT2D eigenvalue weighted by molar-refractivity contribution is 4.86. The van der Waals surface area contributed by atoms with Gasteiger partial charge in [0.1, 0.15) is 12.2 Å². The van der Waals surface area contributed by atoms with Crippen molar-refractivity contribution in [2.24, 2.45) is 12.5 Å². The second-order valence-corrected chi connectivity index (χ2v) is 4.72. The SMILES string of the molecule is Cn1ncnc1CCC(O)C(C)(C)C. The van der Waals surface area contributed by atoms with Crippen molar-refractivity contribution in [3.05, 3.63) is 12.2 Å². The summed E-state index contributed by atoms with van der Waals surface area (Å²) in [5.74, 6) is 0.924. The van der Waals surface area contributed by atoms with Crippen LogP contribution in [0.4, 0.5) is 0 Å². The summed E-state index contributed by atoms with van der Waals surface area (Å²) >= 11 is 0. The minimum Gasteiger partial charge on any atom is -0.393 e. The Morgan fingerprint density at radius 3 is 2.57 bits per heavy atom. The Balaban J connectivity index is 2.46. The van der Waals surface area contributed by atoms with Crippen LogP contribution < -0.4 is 0 Å². The molecule has 80 valence electrons. The normalized spacial score (nSPS) is 14.4. The van der Waals surface area contributed by atoms with Crippen molar-refractivity contribution in [2.75, 3.05) is 0 Å². The highest BCUT2D eigenvalue weighted by Gasteiger charge is 2.22. The Bertz CT molecular complexity index is 288. The van der Waals surface area contributed by atoms with Gasteiger partial charge in [-0.05, 0) is 11.8 Å². The molecule has 0 saturated carbocycles. The Labute approximate surface area is 85.0 Å². The first-order valence-corrected chi connectivity index (χ1v) is 4.92. The maximum atomic E-state index is 9.82. The number of hydrogen-bond donors (Lipinski definition) is 1. The van der Waals surface area contributed by atoms with Gasteiger partial charge in [0, 0.05) is 13.5 Å². The summed E-state index contributed by atoms with van der Waals surface area (Å²) in [6.45, 7) is 6.11. The third-order valence-electron chi connectivity index (χ3n) is 2.45. The quantitative estimate of drug-likeness (QED) is 0.791. The first-order valence-electron chi connectivity index (χ1n) is 4.92. The molecule has 0 fully saturated rings. The van der Waals surface area contributed by atoms with E-state index in [1.54, 1.807) is 11.0 Å². The Morgan fingerprint density at radius 1 is 1.50 bits per heavy atom. The van der Waals surface area contributed by atoms with Crippen LogP contribution in [0.25, 0.3) is 0 Å². The van der Waals surface area contributed by atoms with Gasteiger partial charge in [-0.25, -0.2) is 4.98 Å². The molecular weight excluding hydrogens is 178 g/mol. The summed E-state index contributed by atoms with van der Waals surface area (Å²) in [6, 6.07) is 0. The van der Waals surface area contributed by atoms with E-state index in [1.165, 1.54) is 0 Å². The minimum atomic E-state index is -0.292. The average Bonchev–Trinajstić information content (AvgIpc) is 2.45. The first-order chi connectivity index (χ1) is 6.41. The number of nitrogens with zero attached hydrogens (tertiary/aromatic N) is 3. The van der Waals surface area contributed by atoms with Crippen molar-refractivity contribution in [3.63, 3.8) is 0 Å². The van der Waals surface area contributed by atoms with E-state index in [-0.39, 0.29) is 11.5 Å². The van der Waals surface area contributed by atoms with E-state index in [4.69, 9.17) is 0 Å². The lowest BCUT2D eigenvalue weighted by atomic mass is 9.86. The third kappa shape index (κ3) is 2.80. The molecule has 0 saturated heterocycles. The van der Waals surface area contributed by atoms with E-state index in [0.29, 0.717) is 0 Å². The Kier molecular flexibility index (Phi) is 3.26. The van der Waals surface area contributed by atoms with Crippen molar-refractivity contribution in [1.29, 1.82) is 0 Å². The minimum absolute atomic E-state index is 0.0570. The number of aryl methyl sites for hydroxylation is 2. The fourth-order valence-corrected chi connectivity index (χ4v) is 1.25. The zero-order valence-corrected chi connectivity index (χ0v) is 9.36. The Hall–Kier alpha value is -0.900. The monoisotopic (exact) mass is 197 g/mol. The average molecular weight is 197 g/mol. The molecule has 1 atom stereocenters. The van der Waals surface area contributed by atoms with Crippen molar-refractivity contribution >= 4 is 0 Å². The maximum absolute atomic E-state index is 9.82. The summed E-state index contributed by atoms with van der Waals surface area (Å²) in [4.78, 5) is 4.11. The van der Waals surface area contributed by atoms with Crippen molar-refractivity contribution in [3.8, 4) is 0 Å². The number of aliphatic hydroxyl groups excluding tert-OH is 1. The van der Waals surface area contributed by atoms with Crippen molar-refractivity contribution in [2.45, 2.75) is 39.7 Å². The van der Waals surface area contributed by atoms with Gasteiger partial charge in [-0.15, -0.1) is 0 Å². The molecule has 1 heterocycles. The van der Waals surface area contributed by atoms with E-state index >= 15 is 0 Å². The molecule has 0 aromatic carbocycles. The molecule has 0 aliphatic heterocycles. The van der Waals surface area contributed by atoms with Crippen LogP contribution in [0.15, 0.2) is 6.33 Å². The van der Waals surface area contributed by atoms with Gasteiger partial charge in [-0.2, -0.15) is 5.10 Å².